The maximum atomic E-state index is 13.4. The van der Waals surface area contributed by atoms with Crippen LogP contribution in [0.5, 0.6) is 0 Å². The molecule has 0 aromatic heterocycles. The van der Waals surface area contributed by atoms with Crippen molar-refractivity contribution in [2.75, 3.05) is 7.11 Å². The molecule has 0 aliphatic heterocycles. The number of halogens is 1. The normalized spacial score (nSPS) is 11.9. The molecule has 0 spiro atoms. The Morgan fingerprint density at radius 3 is 2.61 bits per heavy atom. The fourth-order valence-corrected chi connectivity index (χ4v) is 1.74. The van der Waals surface area contributed by atoms with Gasteiger partial charge in [-0.05, 0) is 6.07 Å². The zero-order valence-electron chi connectivity index (χ0n) is 9.04. The first-order chi connectivity index (χ1) is 8.36. The fraction of sp³-hybridized carbons (Fsp3) is 0.222. The Kier molecular flexibility index (Phi) is 4.45. The van der Waals surface area contributed by atoms with E-state index in [1.165, 1.54) is 0 Å². The number of hydrogen-bond donors (Lipinski definition) is 0. The summed E-state index contributed by atoms with van der Waals surface area (Å²) in [5, 5.41) is 10.6. The van der Waals surface area contributed by atoms with Gasteiger partial charge in [0.15, 0.2) is 0 Å². The Bertz CT molecular complexity index is 532. The number of methoxy groups -OCH3 is 1. The zero-order chi connectivity index (χ0) is 13.9. The fourth-order valence-electron chi connectivity index (χ4n) is 1.27. The van der Waals surface area contributed by atoms with Gasteiger partial charge in [0.1, 0.15) is 11.4 Å². The van der Waals surface area contributed by atoms with Crippen LogP contribution in [0.4, 0.5) is 10.1 Å². The van der Waals surface area contributed by atoms with Crippen molar-refractivity contribution in [1.29, 1.82) is 0 Å². The summed E-state index contributed by atoms with van der Waals surface area (Å²) in [7, 11) is 1.00. The van der Waals surface area contributed by atoms with Gasteiger partial charge >= 0.3 is 5.97 Å². The molecule has 18 heavy (non-hydrogen) atoms. The number of hydrogen-bond acceptors (Lipinski definition) is 6. The van der Waals surface area contributed by atoms with Crippen LogP contribution in [0.15, 0.2) is 12.1 Å². The molecule has 0 amide bonds. The van der Waals surface area contributed by atoms with Crippen LogP contribution < -0.4 is 0 Å². The smallest absolute Gasteiger partial charge is 0.344 e. The maximum absolute atomic E-state index is 13.4. The van der Waals surface area contributed by atoms with Gasteiger partial charge in [-0.1, -0.05) is 11.1 Å². The lowest BCUT2D eigenvalue weighted by atomic mass is 10.1. The largest absolute Gasteiger partial charge is 0.772 e. The highest BCUT2D eigenvalue weighted by Gasteiger charge is 2.24. The van der Waals surface area contributed by atoms with E-state index >= 15 is 0 Å². The summed E-state index contributed by atoms with van der Waals surface area (Å²) < 4.78 is 38.6. The molecule has 1 aromatic carbocycles. The summed E-state index contributed by atoms with van der Waals surface area (Å²) in [4.78, 5) is 21.0. The van der Waals surface area contributed by atoms with Crippen LogP contribution in [0.1, 0.15) is 15.9 Å². The van der Waals surface area contributed by atoms with Crippen LogP contribution in [0.2, 0.25) is 0 Å². The average Bonchev–Trinajstić information content (AvgIpc) is 2.29. The number of esters is 1. The van der Waals surface area contributed by atoms with E-state index in [0.29, 0.717) is 6.07 Å². The molecule has 0 N–H and O–H groups in total. The molecule has 0 aliphatic rings. The summed E-state index contributed by atoms with van der Waals surface area (Å²) in [6, 6.07) is 1.30. The molecule has 1 aromatic rings. The second-order valence-corrected chi connectivity index (χ2v) is 4.05. The second-order valence-electron chi connectivity index (χ2n) is 3.16. The Morgan fingerprint density at radius 1 is 1.56 bits per heavy atom. The van der Waals surface area contributed by atoms with E-state index in [9.17, 15) is 28.1 Å². The van der Waals surface area contributed by atoms with Crippen molar-refractivity contribution in [2.45, 2.75) is 5.75 Å². The molecule has 9 heteroatoms. The number of carbonyl (C=O) groups is 1. The van der Waals surface area contributed by atoms with Crippen molar-refractivity contribution in [1.82, 2.24) is 0 Å². The van der Waals surface area contributed by atoms with Crippen molar-refractivity contribution in [3.63, 3.8) is 0 Å². The van der Waals surface area contributed by atoms with Crippen molar-refractivity contribution < 1.29 is 27.6 Å². The Hall–Kier alpha value is -1.87. The van der Waals surface area contributed by atoms with Crippen LogP contribution in [0.3, 0.4) is 0 Å². The number of nitro groups is 1. The first-order valence-electron chi connectivity index (χ1n) is 4.47. The molecular formula is C9H7FNO6S-. The van der Waals surface area contributed by atoms with Gasteiger partial charge in [-0.2, -0.15) is 0 Å². The van der Waals surface area contributed by atoms with Gasteiger partial charge in [0.25, 0.3) is 5.69 Å². The van der Waals surface area contributed by atoms with Gasteiger partial charge < -0.3 is 9.29 Å². The van der Waals surface area contributed by atoms with Crippen LogP contribution in [-0.2, 0) is 21.6 Å². The lowest BCUT2D eigenvalue weighted by molar-refractivity contribution is -0.385. The van der Waals surface area contributed by atoms with E-state index in [2.05, 4.69) is 4.74 Å². The second kappa shape index (κ2) is 5.65. The van der Waals surface area contributed by atoms with Crippen LogP contribution in [0.25, 0.3) is 0 Å². The van der Waals surface area contributed by atoms with Crippen LogP contribution in [0, 0.1) is 15.9 Å². The molecule has 7 nitrogen and oxygen atoms in total. The Morgan fingerprint density at radius 2 is 2.17 bits per heavy atom. The number of nitrogens with zero attached hydrogens (tertiary/aromatic N) is 1. The highest BCUT2D eigenvalue weighted by atomic mass is 32.2. The number of carbonyl (C=O) groups excluding carboxylic acids is 1. The predicted molar refractivity (Wildman–Crippen MR) is 57.0 cm³/mol. The minimum absolute atomic E-state index is 0.339. The summed E-state index contributed by atoms with van der Waals surface area (Å²) in [5.41, 5.74) is -1.61. The first kappa shape index (κ1) is 14.2. The highest BCUT2D eigenvalue weighted by Crippen LogP contribution is 2.24. The summed E-state index contributed by atoms with van der Waals surface area (Å²) in [5.74, 6) is -2.80. The van der Waals surface area contributed by atoms with Crippen LogP contribution in [-0.4, -0.2) is 26.8 Å². The molecule has 0 saturated carbocycles. The standard InChI is InChI=1S/C9H8FNO6S/c1-17-9(12)6-2-5(4-18(15)16)7(10)3-8(6)11(13)14/h2-3H,4H2,1H3,(H,15,16)/p-1. The van der Waals surface area contributed by atoms with Crippen molar-refractivity contribution in [2.24, 2.45) is 0 Å². The van der Waals surface area contributed by atoms with Crippen LogP contribution >= 0.6 is 0 Å². The van der Waals surface area contributed by atoms with Crippen molar-refractivity contribution in [3.8, 4) is 0 Å². The topological polar surface area (TPSA) is 110 Å². The van der Waals surface area contributed by atoms with Crippen molar-refractivity contribution >= 4 is 22.7 Å². The van der Waals surface area contributed by atoms with E-state index in [-0.39, 0.29) is 5.56 Å². The van der Waals surface area contributed by atoms with Gasteiger partial charge in [0, 0.05) is 11.3 Å². The van der Waals surface area contributed by atoms with E-state index in [4.69, 9.17) is 0 Å². The number of rotatable bonds is 4. The minimum Gasteiger partial charge on any atom is -0.772 e. The monoisotopic (exact) mass is 276 g/mol. The van der Waals surface area contributed by atoms with Gasteiger partial charge in [0.2, 0.25) is 0 Å². The van der Waals surface area contributed by atoms with Gasteiger partial charge in [-0.15, -0.1) is 0 Å². The van der Waals surface area contributed by atoms with Gasteiger partial charge in [-0.3, -0.25) is 14.3 Å². The molecule has 0 heterocycles. The van der Waals surface area contributed by atoms with E-state index in [1.807, 2.05) is 0 Å². The molecule has 0 fully saturated rings. The van der Waals surface area contributed by atoms with Gasteiger partial charge in [0.05, 0.1) is 18.1 Å². The maximum Gasteiger partial charge on any atom is 0.344 e. The first-order valence-corrected chi connectivity index (χ1v) is 5.72. The van der Waals surface area contributed by atoms with E-state index in [0.717, 1.165) is 13.2 Å². The Labute approximate surface area is 103 Å². The van der Waals surface area contributed by atoms with E-state index < -0.39 is 44.8 Å². The highest BCUT2D eigenvalue weighted by molar-refractivity contribution is 7.78. The summed E-state index contributed by atoms with van der Waals surface area (Å²) in [6.45, 7) is 0. The molecule has 0 bridgehead atoms. The lowest BCUT2D eigenvalue weighted by Gasteiger charge is -2.08. The molecule has 1 rings (SSSR count). The molecule has 0 saturated heterocycles. The average molecular weight is 276 g/mol. The molecule has 1 atom stereocenters. The SMILES string of the molecule is COC(=O)c1cc(CS(=O)[O-])c(F)cc1[N+](=O)[O-]. The molecular weight excluding hydrogens is 269 g/mol. The molecule has 98 valence electrons. The molecule has 1 unspecified atom stereocenters. The third kappa shape index (κ3) is 3.08. The molecule has 0 radical (unpaired) electrons. The third-order valence-corrected chi connectivity index (χ3v) is 2.59. The summed E-state index contributed by atoms with van der Waals surface area (Å²) in [6.07, 6.45) is 0. The third-order valence-electron chi connectivity index (χ3n) is 2.04. The predicted octanol–water partition coefficient (Wildman–Crippen LogP) is 0.900. The van der Waals surface area contributed by atoms with Gasteiger partial charge in [-0.25, -0.2) is 9.18 Å². The number of benzene rings is 1. The summed E-state index contributed by atoms with van der Waals surface area (Å²) >= 11 is -2.58. The number of nitro benzene ring substituents is 1. The quantitative estimate of drug-likeness (QED) is 0.349. The Balaban J connectivity index is 3.40. The number of ether oxygens (including phenoxy) is 1. The van der Waals surface area contributed by atoms with E-state index in [1.54, 1.807) is 0 Å². The zero-order valence-corrected chi connectivity index (χ0v) is 9.86. The van der Waals surface area contributed by atoms with Crippen molar-refractivity contribution in [3.05, 3.63) is 39.2 Å². The lowest BCUT2D eigenvalue weighted by Crippen LogP contribution is -2.09. The minimum atomic E-state index is -2.58. The molecule has 0 aliphatic carbocycles.